The lowest BCUT2D eigenvalue weighted by Crippen LogP contribution is -2.29. The average molecular weight is 344 g/mol. The van der Waals surface area contributed by atoms with Crippen molar-refractivity contribution in [2.24, 2.45) is 0 Å². The Morgan fingerprint density at radius 1 is 1.12 bits per heavy atom. The molecule has 5 heteroatoms. The fourth-order valence-corrected chi connectivity index (χ4v) is 2.88. The molecule has 1 aliphatic rings. The van der Waals surface area contributed by atoms with Crippen molar-refractivity contribution in [1.29, 1.82) is 0 Å². The Hall–Kier alpha value is -2.33. The Morgan fingerprint density at radius 2 is 1.92 bits per heavy atom. The lowest BCUT2D eigenvalue weighted by molar-refractivity contribution is 0.0641. The van der Waals surface area contributed by atoms with Crippen molar-refractivity contribution in [3.05, 3.63) is 63.7 Å². The number of hydrogen-bond acceptors (Lipinski definition) is 3. The van der Waals surface area contributed by atoms with Gasteiger partial charge in [0.15, 0.2) is 0 Å². The quantitative estimate of drug-likeness (QED) is 0.763. The van der Waals surface area contributed by atoms with E-state index in [4.69, 9.17) is 16.3 Å². The molecule has 0 N–H and O–H groups in total. The summed E-state index contributed by atoms with van der Waals surface area (Å²) < 4.78 is 5.63. The van der Waals surface area contributed by atoms with E-state index in [1.807, 2.05) is 26.0 Å². The molecule has 0 atom stereocenters. The molecule has 0 saturated heterocycles. The van der Waals surface area contributed by atoms with Gasteiger partial charge in [-0.3, -0.25) is 14.5 Å². The lowest BCUT2D eigenvalue weighted by atomic mass is 10.1. The summed E-state index contributed by atoms with van der Waals surface area (Å²) in [7, 11) is 0. The van der Waals surface area contributed by atoms with Crippen LogP contribution < -0.4 is 4.74 Å². The molecule has 0 radical (unpaired) electrons. The maximum absolute atomic E-state index is 12.7. The lowest BCUT2D eigenvalue weighted by Gasteiger charge is -2.15. The maximum atomic E-state index is 12.7. The molecule has 0 bridgehead atoms. The Kier molecular flexibility index (Phi) is 4.58. The summed E-state index contributed by atoms with van der Waals surface area (Å²) in [6, 6.07) is 10.6. The minimum atomic E-state index is -0.311. The molecular formula is C19H18ClNO3. The van der Waals surface area contributed by atoms with Gasteiger partial charge in [0.25, 0.3) is 11.8 Å². The van der Waals surface area contributed by atoms with Crippen molar-refractivity contribution in [3.63, 3.8) is 0 Å². The van der Waals surface area contributed by atoms with Crippen molar-refractivity contribution < 1.29 is 14.3 Å². The number of ether oxygens (including phenoxy) is 1. The molecule has 0 spiro atoms. The zero-order chi connectivity index (χ0) is 17.3. The molecule has 0 unspecified atom stereocenters. The molecule has 124 valence electrons. The number of imide groups is 1. The Balaban J connectivity index is 1.90. The van der Waals surface area contributed by atoms with Gasteiger partial charge >= 0.3 is 0 Å². The topological polar surface area (TPSA) is 46.6 Å². The number of benzene rings is 2. The number of carbonyl (C=O) groups is 2. The van der Waals surface area contributed by atoms with E-state index in [9.17, 15) is 9.59 Å². The molecule has 24 heavy (non-hydrogen) atoms. The van der Waals surface area contributed by atoms with Gasteiger partial charge in [-0.25, -0.2) is 0 Å². The van der Waals surface area contributed by atoms with Gasteiger partial charge in [0.1, 0.15) is 5.75 Å². The second-order valence-electron chi connectivity index (χ2n) is 5.81. The molecule has 2 amide bonds. The molecule has 0 saturated carbocycles. The summed E-state index contributed by atoms with van der Waals surface area (Å²) >= 11 is 6.03. The third kappa shape index (κ3) is 2.89. The number of aryl methyl sites for hydroxylation is 1. The molecule has 1 aliphatic heterocycles. The fourth-order valence-electron chi connectivity index (χ4n) is 2.77. The summed E-state index contributed by atoms with van der Waals surface area (Å²) in [4.78, 5) is 26.6. The Morgan fingerprint density at radius 3 is 2.62 bits per heavy atom. The number of rotatable bonds is 5. The van der Waals surface area contributed by atoms with E-state index < -0.39 is 0 Å². The van der Waals surface area contributed by atoms with E-state index in [1.165, 1.54) is 4.90 Å². The largest absolute Gasteiger partial charge is 0.493 e. The zero-order valence-corrected chi connectivity index (χ0v) is 14.4. The average Bonchev–Trinajstić information content (AvgIpc) is 2.82. The van der Waals surface area contributed by atoms with Crippen LogP contribution in [-0.2, 0) is 6.54 Å². The summed E-state index contributed by atoms with van der Waals surface area (Å²) in [5, 5.41) is 0.663. The van der Waals surface area contributed by atoms with Crippen LogP contribution in [0.4, 0.5) is 0 Å². The van der Waals surface area contributed by atoms with Crippen molar-refractivity contribution in [2.75, 3.05) is 6.61 Å². The van der Waals surface area contributed by atoms with Crippen molar-refractivity contribution in [1.82, 2.24) is 4.90 Å². The number of nitrogens with zero attached hydrogens (tertiary/aromatic N) is 1. The van der Waals surface area contributed by atoms with E-state index in [2.05, 4.69) is 0 Å². The van der Waals surface area contributed by atoms with Crippen molar-refractivity contribution >= 4 is 23.4 Å². The first-order chi connectivity index (χ1) is 11.5. The van der Waals surface area contributed by atoms with Gasteiger partial charge in [-0.05, 0) is 42.7 Å². The van der Waals surface area contributed by atoms with Gasteiger partial charge in [-0.15, -0.1) is 0 Å². The highest BCUT2D eigenvalue weighted by Crippen LogP contribution is 2.32. The summed E-state index contributed by atoms with van der Waals surface area (Å²) in [6.45, 7) is 4.61. The summed E-state index contributed by atoms with van der Waals surface area (Å²) in [5.74, 6) is -0.124. The van der Waals surface area contributed by atoms with Crippen LogP contribution >= 0.6 is 11.6 Å². The molecule has 2 aromatic rings. The van der Waals surface area contributed by atoms with Gasteiger partial charge < -0.3 is 4.74 Å². The second kappa shape index (κ2) is 6.65. The van der Waals surface area contributed by atoms with Crippen LogP contribution in [0.5, 0.6) is 5.75 Å². The molecule has 0 aromatic heterocycles. The van der Waals surface area contributed by atoms with Crippen LogP contribution in [0.3, 0.4) is 0 Å². The third-order valence-electron chi connectivity index (χ3n) is 3.99. The first kappa shape index (κ1) is 16.5. The SMILES string of the molecule is CCCOc1cccc2c1C(=O)N(Cc1ccc(Cl)c(C)c1)C2=O. The normalized spacial score (nSPS) is 13.4. The van der Waals surface area contributed by atoms with Crippen molar-refractivity contribution in [2.45, 2.75) is 26.8 Å². The van der Waals surface area contributed by atoms with Crippen LogP contribution in [-0.4, -0.2) is 23.3 Å². The van der Waals surface area contributed by atoms with Crippen LogP contribution in [0.2, 0.25) is 5.02 Å². The highest BCUT2D eigenvalue weighted by Gasteiger charge is 2.38. The molecule has 0 aliphatic carbocycles. The van der Waals surface area contributed by atoms with Crippen LogP contribution in [0.1, 0.15) is 45.2 Å². The smallest absolute Gasteiger partial charge is 0.265 e. The molecule has 1 heterocycles. The molecule has 0 fully saturated rings. The van der Waals surface area contributed by atoms with E-state index in [-0.39, 0.29) is 18.4 Å². The minimum Gasteiger partial charge on any atom is -0.493 e. The molecule has 3 rings (SSSR count). The van der Waals surface area contributed by atoms with Gasteiger partial charge in [0.2, 0.25) is 0 Å². The molecular weight excluding hydrogens is 326 g/mol. The van der Waals surface area contributed by atoms with Crippen LogP contribution in [0.15, 0.2) is 36.4 Å². The number of fused-ring (bicyclic) bond motifs is 1. The highest BCUT2D eigenvalue weighted by atomic mass is 35.5. The van der Waals surface area contributed by atoms with Crippen molar-refractivity contribution in [3.8, 4) is 5.75 Å². The number of amides is 2. The summed E-state index contributed by atoms with van der Waals surface area (Å²) in [5.41, 5.74) is 2.54. The van der Waals surface area contributed by atoms with Gasteiger partial charge in [-0.1, -0.05) is 36.7 Å². The van der Waals surface area contributed by atoms with Gasteiger partial charge in [0, 0.05) is 5.02 Å². The maximum Gasteiger partial charge on any atom is 0.265 e. The number of halogens is 1. The second-order valence-corrected chi connectivity index (χ2v) is 6.21. The first-order valence-electron chi connectivity index (χ1n) is 7.90. The summed E-state index contributed by atoms with van der Waals surface area (Å²) in [6.07, 6.45) is 0.833. The Bertz CT molecular complexity index is 816. The molecule has 4 nitrogen and oxygen atoms in total. The fraction of sp³-hybridized carbons (Fsp3) is 0.263. The van der Waals surface area contributed by atoms with E-state index in [0.717, 1.165) is 17.5 Å². The van der Waals surface area contributed by atoms with Gasteiger partial charge in [0.05, 0.1) is 24.3 Å². The first-order valence-corrected chi connectivity index (χ1v) is 8.27. The predicted octanol–water partition coefficient (Wildman–Crippen LogP) is 4.23. The zero-order valence-electron chi connectivity index (χ0n) is 13.6. The Labute approximate surface area is 146 Å². The van der Waals surface area contributed by atoms with E-state index in [0.29, 0.717) is 28.5 Å². The molecule has 2 aromatic carbocycles. The monoisotopic (exact) mass is 343 g/mol. The highest BCUT2D eigenvalue weighted by molar-refractivity contribution is 6.31. The van der Waals surface area contributed by atoms with Gasteiger partial charge in [-0.2, -0.15) is 0 Å². The standard InChI is InChI=1S/C19H18ClNO3/c1-3-9-24-16-6-4-5-14-17(16)19(23)21(18(14)22)11-13-7-8-15(20)12(2)10-13/h4-8,10H,3,9,11H2,1-2H3. The number of carbonyl (C=O) groups excluding carboxylic acids is 2. The van der Waals surface area contributed by atoms with Crippen LogP contribution in [0, 0.1) is 6.92 Å². The number of hydrogen-bond donors (Lipinski definition) is 0. The minimum absolute atomic E-state index is 0.220. The third-order valence-corrected chi connectivity index (χ3v) is 4.41. The van der Waals surface area contributed by atoms with E-state index >= 15 is 0 Å². The predicted molar refractivity (Wildman–Crippen MR) is 92.6 cm³/mol. The van der Waals surface area contributed by atoms with E-state index in [1.54, 1.807) is 24.3 Å². The van der Waals surface area contributed by atoms with Crippen LogP contribution in [0.25, 0.3) is 0 Å².